The van der Waals surface area contributed by atoms with Gasteiger partial charge in [0.1, 0.15) is 0 Å². The first-order valence-electron chi connectivity index (χ1n) is 9.63. The van der Waals surface area contributed by atoms with Crippen molar-refractivity contribution in [3.05, 3.63) is 71.8 Å². The zero-order chi connectivity index (χ0) is 19.6. The van der Waals surface area contributed by atoms with Gasteiger partial charge in [0.25, 0.3) is 0 Å². The number of hydrogen-bond acceptors (Lipinski definition) is 2. The number of rotatable bonds is 12. The van der Waals surface area contributed by atoms with Crippen LogP contribution in [0.4, 0.5) is 0 Å². The van der Waals surface area contributed by atoms with Crippen molar-refractivity contribution in [1.29, 1.82) is 0 Å². The lowest BCUT2D eigenvalue weighted by atomic mass is 9.41. The topological polar surface area (TPSA) is 0 Å². The standard InChI is InChI=1S/C22H27B3S2/c1-2-3-14-21(23,24)22(25,27-18-20-12-8-5-9-13-20)15-16-26-17-19-10-6-4-7-11-19/h4-13H,2-3,14-18H2,1H3. The third kappa shape index (κ3) is 7.35. The molecule has 0 amide bonds. The minimum atomic E-state index is -0.879. The quantitative estimate of drug-likeness (QED) is 0.336. The van der Waals surface area contributed by atoms with Crippen LogP contribution in [0.25, 0.3) is 0 Å². The van der Waals surface area contributed by atoms with Gasteiger partial charge in [0.05, 0.1) is 23.5 Å². The van der Waals surface area contributed by atoms with Crippen LogP contribution >= 0.6 is 23.5 Å². The van der Waals surface area contributed by atoms with E-state index < -0.39 is 9.86 Å². The second-order valence-corrected chi connectivity index (χ2v) is 9.51. The lowest BCUT2D eigenvalue weighted by Gasteiger charge is -2.46. The van der Waals surface area contributed by atoms with E-state index in [1.807, 2.05) is 23.9 Å². The molecule has 0 aromatic heterocycles. The summed E-state index contributed by atoms with van der Waals surface area (Å²) >= 11 is 3.59. The van der Waals surface area contributed by atoms with Gasteiger partial charge >= 0.3 is 0 Å². The smallest absolute Gasteiger partial charge is 0.0881 e. The monoisotopic (exact) mass is 388 g/mol. The van der Waals surface area contributed by atoms with Crippen molar-refractivity contribution in [2.75, 3.05) is 5.75 Å². The molecule has 0 aliphatic rings. The van der Waals surface area contributed by atoms with Gasteiger partial charge in [-0.3, -0.25) is 0 Å². The molecule has 6 radical (unpaired) electrons. The number of unbranched alkanes of at least 4 members (excludes halogenated alkanes) is 1. The highest BCUT2D eigenvalue weighted by atomic mass is 32.2. The molecule has 0 saturated heterocycles. The van der Waals surface area contributed by atoms with Crippen molar-refractivity contribution in [3.8, 4) is 0 Å². The second-order valence-electron chi connectivity index (χ2n) is 7.10. The van der Waals surface area contributed by atoms with E-state index >= 15 is 0 Å². The molecular formula is C22H27B3S2. The summed E-state index contributed by atoms with van der Waals surface area (Å²) in [5.41, 5.74) is 2.58. The molecule has 1 atom stereocenters. The van der Waals surface area contributed by atoms with Crippen molar-refractivity contribution in [3.63, 3.8) is 0 Å². The second kappa shape index (κ2) is 11.4. The third-order valence-corrected chi connectivity index (χ3v) is 7.41. The molecule has 2 aromatic rings. The largest absolute Gasteiger partial charge is 0.161 e. The van der Waals surface area contributed by atoms with Crippen LogP contribution in [-0.4, -0.2) is 33.9 Å². The van der Waals surface area contributed by atoms with Crippen molar-refractivity contribution in [2.45, 2.75) is 54.0 Å². The van der Waals surface area contributed by atoms with Gasteiger partial charge in [0, 0.05) is 11.5 Å². The van der Waals surface area contributed by atoms with Crippen molar-refractivity contribution >= 4 is 47.1 Å². The van der Waals surface area contributed by atoms with Crippen LogP contribution < -0.4 is 0 Å². The van der Waals surface area contributed by atoms with E-state index in [4.69, 9.17) is 23.5 Å². The zero-order valence-corrected chi connectivity index (χ0v) is 17.9. The first-order chi connectivity index (χ1) is 13.0. The van der Waals surface area contributed by atoms with E-state index in [1.165, 1.54) is 11.1 Å². The Morgan fingerprint density at radius 1 is 0.778 bits per heavy atom. The highest BCUT2D eigenvalue weighted by molar-refractivity contribution is 8.01. The summed E-state index contributed by atoms with van der Waals surface area (Å²) in [6, 6.07) is 20.9. The summed E-state index contributed by atoms with van der Waals surface area (Å²) in [6.45, 7) is 2.15. The summed E-state index contributed by atoms with van der Waals surface area (Å²) < 4.78 is -0.651. The molecule has 0 saturated carbocycles. The van der Waals surface area contributed by atoms with Gasteiger partial charge in [-0.2, -0.15) is 23.5 Å². The highest BCUT2D eigenvalue weighted by Gasteiger charge is 2.38. The molecule has 1 unspecified atom stereocenters. The van der Waals surface area contributed by atoms with Crippen LogP contribution in [-0.2, 0) is 11.5 Å². The Kier molecular flexibility index (Phi) is 9.52. The van der Waals surface area contributed by atoms with Gasteiger partial charge in [0.2, 0.25) is 0 Å². The molecule has 0 spiro atoms. The predicted octanol–water partition coefficient (Wildman–Crippen LogP) is 5.75. The first-order valence-corrected chi connectivity index (χ1v) is 11.8. The summed E-state index contributed by atoms with van der Waals surface area (Å²) in [4.78, 5) is 0. The SMILES string of the molecule is [B]C([B])(CCCC)C([B])(CCSCc1ccccc1)SCc1ccccc1. The molecule has 0 fully saturated rings. The van der Waals surface area contributed by atoms with Crippen LogP contribution in [0.5, 0.6) is 0 Å². The molecule has 0 N–H and O–H groups in total. The van der Waals surface area contributed by atoms with Crippen LogP contribution in [0.15, 0.2) is 60.7 Å². The Morgan fingerprint density at radius 3 is 1.89 bits per heavy atom. The molecule has 2 rings (SSSR count). The molecule has 5 heteroatoms. The lowest BCUT2D eigenvalue weighted by molar-refractivity contribution is 0.558. The summed E-state index contributed by atoms with van der Waals surface area (Å²) in [6.07, 6.45) is 3.59. The first kappa shape index (κ1) is 22.6. The maximum atomic E-state index is 6.84. The van der Waals surface area contributed by atoms with Gasteiger partial charge in [-0.1, -0.05) is 92.1 Å². The number of thioether (sulfide) groups is 2. The molecular weight excluding hydrogens is 361 g/mol. The Labute approximate surface area is 178 Å². The van der Waals surface area contributed by atoms with Crippen molar-refractivity contribution < 1.29 is 0 Å². The van der Waals surface area contributed by atoms with E-state index in [0.717, 1.165) is 42.9 Å². The summed E-state index contributed by atoms with van der Waals surface area (Å²) in [7, 11) is 20.0. The van der Waals surface area contributed by atoms with E-state index in [9.17, 15) is 0 Å². The molecule has 0 nitrogen and oxygen atoms in total. The Hall–Kier alpha value is -0.665. The van der Waals surface area contributed by atoms with Gasteiger partial charge in [-0.25, -0.2) is 0 Å². The maximum absolute atomic E-state index is 6.84. The lowest BCUT2D eigenvalue weighted by Crippen LogP contribution is -2.42. The van der Waals surface area contributed by atoms with Gasteiger partial charge in [-0.05, 0) is 27.9 Å². The Morgan fingerprint density at radius 2 is 1.33 bits per heavy atom. The molecule has 0 aliphatic carbocycles. The summed E-state index contributed by atoms with van der Waals surface area (Å²) in [5, 5.41) is -0.879. The molecule has 0 aliphatic heterocycles. The van der Waals surface area contributed by atoms with Gasteiger partial charge in [-0.15, -0.1) is 0 Å². The fraction of sp³-hybridized carbons (Fsp3) is 0.455. The Bertz CT molecular complexity index is 649. The van der Waals surface area contributed by atoms with Gasteiger partial charge in [0.15, 0.2) is 0 Å². The molecule has 136 valence electrons. The number of hydrogen-bond donors (Lipinski definition) is 0. The van der Waals surface area contributed by atoms with E-state index in [-0.39, 0.29) is 0 Å². The minimum Gasteiger partial charge on any atom is -0.161 e. The molecule has 0 heterocycles. The van der Waals surface area contributed by atoms with Crippen LogP contribution in [0.3, 0.4) is 0 Å². The normalized spacial score (nSPS) is 14.0. The van der Waals surface area contributed by atoms with Gasteiger partial charge < -0.3 is 0 Å². The predicted molar refractivity (Wildman–Crippen MR) is 127 cm³/mol. The van der Waals surface area contributed by atoms with Crippen LogP contribution in [0.2, 0.25) is 5.21 Å². The minimum absolute atomic E-state index is 0.651. The molecule has 2 aromatic carbocycles. The van der Waals surface area contributed by atoms with E-state index in [1.54, 1.807) is 11.8 Å². The number of benzene rings is 2. The fourth-order valence-corrected chi connectivity index (χ4v) is 5.30. The van der Waals surface area contributed by atoms with Crippen molar-refractivity contribution in [2.24, 2.45) is 0 Å². The average Bonchev–Trinajstić information content (AvgIpc) is 2.69. The highest BCUT2D eigenvalue weighted by Crippen LogP contribution is 2.48. The maximum Gasteiger partial charge on any atom is 0.0881 e. The van der Waals surface area contributed by atoms with E-state index in [2.05, 4.69) is 55.5 Å². The van der Waals surface area contributed by atoms with Crippen molar-refractivity contribution in [1.82, 2.24) is 0 Å². The third-order valence-electron chi connectivity index (χ3n) is 4.80. The molecule has 0 bridgehead atoms. The fourth-order valence-electron chi connectivity index (χ4n) is 2.89. The van der Waals surface area contributed by atoms with Crippen LogP contribution in [0.1, 0.15) is 43.7 Å². The van der Waals surface area contributed by atoms with E-state index in [0.29, 0.717) is 0 Å². The summed E-state index contributed by atoms with van der Waals surface area (Å²) in [5.74, 6) is 2.75. The average molecular weight is 388 g/mol. The zero-order valence-electron chi connectivity index (χ0n) is 16.3. The van der Waals surface area contributed by atoms with Crippen LogP contribution in [0, 0.1) is 0 Å². The Balaban J connectivity index is 1.97. The molecule has 27 heavy (non-hydrogen) atoms.